The zero-order valence-electron chi connectivity index (χ0n) is 19.9. The molecule has 0 saturated heterocycles. The average molecular weight is 445 g/mol. The normalized spacial score (nSPS) is 15.6. The number of hydrogen-bond acceptors (Lipinski definition) is 4. The number of fused-ring (bicyclic) bond motifs is 1. The van der Waals surface area contributed by atoms with Crippen LogP contribution in [0.15, 0.2) is 60.7 Å². The van der Waals surface area contributed by atoms with E-state index < -0.39 is 0 Å². The maximum absolute atomic E-state index is 12.9. The van der Waals surface area contributed by atoms with Gasteiger partial charge in [0.1, 0.15) is 0 Å². The van der Waals surface area contributed by atoms with Crippen LogP contribution in [0.4, 0.5) is 0 Å². The maximum Gasteiger partial charge on any atom is 0.251 e. The second kappa shape index (κ2) is 10.1. The molecule has 172 valence electrons. The van der Waals surface area contributed by atoms with E-state index in [0.717, 1.165) is 30.8 Å². The minimum Gasteiger partial charge on any atom is -0.493 e. The number of carbonyl (C=O) groups is 1. The lowest BCUT2D eigenvalue weighted by Gasteiger charge is -2.38. The Morgan fingerprint density at radius 2 is 1.70 bits per heavy atom. The fraction of sp³-hybridized carbons (Fsp3) is 0.321. The molecule has 5 nitrogen and oxygen atoms in total. The molecule has 0 aromatic heterocycles. The number of rotatable bonds is 7. The fourth-order valence-electron chi connectivity index (χ4n) is 4.51. The molecule has 0 saturated carbocycles. The van der Waals surface area contributed by atoms with Gasteiger partial charge in [-0.25, -0.2) is 0 Å². The van der Waals surface area contributed by atoms with Gasteiger partial charge in [-0.05, 0) is 66.8 Å². The van der Waals surface area contributed by atoms with Crippen LogP contribution in [-0.4, -0.2) is 38.1 Å². The Morgan fingerprint density at radius 1 is 1.00 bits per heavy atom. The first-order valence-corrected chi connectivity index (χ1v) is 11.4. The van der Waals surface area contributed by atoms with Crippen LogP contribution in [0.2, 0.25) is 0 Å². The van der Waals surface area contributed by atoms with Gasteiger partial charge in [0.05, 0.1) is 20.3 Å². The van der Waals surface area contributed by atoms with Crippen LogP contribution in [-0.2, 0) is 13.0 Å². The van der Waals surface area contributed by atoms with Crippen molar-refractivity contribution in [1.29, 1.82) is 0 Å². The minimum absolute atomic E-state index is 0.0301. The maximum atomic E-state index is 12.9. The molecule has 0 bridgehead atoms. The molecule has 5 heteroatoms. The highest BCUT2D eigenvalue weighted by Crippen LogP contribution is 2.38. The summed E-state index contributed by atoms with van der Waals surface area (Å²) < 4.78 is 11.1. The molecule has 33 heavy (non-hydrogen) atoms. The van der Waals surface area contributed by atoms with Crippen LogP contribution in [0.5, 0.6) is 11.5 Å². The topological polar surface area (TPSA) is 50.8 Å². The van der Waals surface area contributed by atoms with Gasteiger partial charge in [0.25, 0.3) is 5.91 Å². The Labute approximate surface area is 196 Å². The van der Waals surface area contributed by atoms with Gasteiger partial charge in [0.15, 0.2) is 11.5 Å². The first kappa shape index (κ1) is 22.9. The third kappa shape index (κ3) is 5.04. The summed E-state index contributed by atoms with van der Waals surface area (Å²) in [6, 6.07) is 20.3. The Balaban J connectivity index is 1.63. The first-order chi connectivity index (χ1) is 16.0. The third-order valence-corrected chi connectivity index (χ3v) is 6.52. The largest absolute Gasteiger partial charge is 0.493 e. The number of benzene rings is 3. The number of nitrogens with one attached hydrogen (secondary N) is 1. The molecule has 1 atom stereocenters. The SMILES string of the molecule is COc1cc2c(cc1OC)[C@@H](CNC(=O)c1ccc(C)cc1)N(Cc1ccccc1C)CC2. The van der Waals surface area contributed by atoms with Crippen molar-refractivity contribution in [3.05, 3.63) is 94.0 Å². The highest BCUT2D eigenvalue weighted by Gasteiger charge is 2.30. The molecule has 3 aromatic carbocycles. The molecule has 0 radical (unpaired) electrons. The summed E-state index contributed by atoms with van der Waals surface area (Å²) in [5.41, 5.74) is 6.81. The summed E-state index contributed by atoms with van der Waals surface area (Å²) in [7, 11) is 3.32. The molecule has 1 amide bonds. The van der Waals surface area contributed by atoms with E-state index in [0.29, 0.717) is 17.9 Å². The molecular weight excluding hydrogens is 412 g/mol. The van der Waals surface area contributed by atoms with E-state index in [9.17, 15) is 4.79 Å². The molecule has 0 fully saturated rings. The highest BCUT2D eigenvalue weighted by molar-refractivity contribution is 5.94. The second-order valence-corrected chi connectivity index (χ2v) is 8.64. The van der Waals surface area contributed by atoms with Crippen molar-refractivity contribution in [2.75, 3.05) is 27.3 Å². The Morgan fingerprint density at radius 3 is 2.39 bits per heavy atom. The van der Waals surface area contributed by atoms with E-state index in [-0.39, 0.29) is 11.9 Å². The lowest BCUT2D eigenvalue weighted by atomic mass is 9.91. The van der Waals surface area contributed by atoms with E-state index in [1.165, 1.54) is 22.3 Å². The van der Waals surface area contributed by atoms with Crippen LogP contribution >= 0.6 is 0 Å². The van der Waals surface area contributed by atoms with Crippen LogP contribution in [0.1, 0.15) is 44.2 Å². The summed E-state index contributed by atoms with van der Waals surface area (Å²) in [6.45, 7) is 6.41. The van der Waals surface area contributed by atoms with Crippen LogP contribution in [0, 0.1) is 13.8 Å². The van der Waals surface area contributed by atoms with Crippen molar-refractivity contribution in [1.82, 2.24) is 10.2 Å². The molecule has 1 heterocycles. The van der Waals surface area contributed by atoms with Gasteiger partial charge < -0.3 is 14.8 Å². The zero-order chi connectivity index (χ0) is 23.4. The molecule has 1 aliphatic heterocycles. The summed E-state index contributed by atoms with van der Waals surface area (Å²) in [5, 5.41) is 3.17. The fourth-order valence-corrected chi connectivity index (χ4v) is 4.51. The van der Waals surface area contributed by atoms with Crippen molar-refractivity contribution in [2.24, 2.45) is 0 Å². The van der Waals surface area contributed by atoms with E-state index in [1.54, 1.807) is 14.2 Å². The third-order valence-electron chi connectivity index (χ3n) is 6.52. The lowest BCUT2D eigenvalue weighted by Crippen LogP contribution is -2.42. The predicted octanol–water partition coefficient (Wildman–Crippen LogP) is 4.85. The monoisotopic (exact) mass is 444 g/mol. The van der Waals surface area contributed by atoms with Crippen molar-refractivity contribution in [3.63, 3.8) is 0 Å². The number of hydrogen-bond donors (Lipinski definition) is 1. The highest BCUT2D eigenvalue weighted by atomic mass is 16.5. The smallest absolute Gasteiger partial charge is 0.251 e. The predicted molar refractivity (Wildman–Crippen MR) is 131 cm³/mol. The first-order valence-electron chi connectivity index (χ1n) is 11.4. The Hall–Kier alpha value is -3.31. The number of methoxy groups -OCH3 is 2. The van der Waals surface area contributed by atoms with Gasteiger partial charge in [0.2, 0.25) is 0 Å². The van der Waals surface area contributed by atoms with Crippen LogP contribution in [0.3, 0.4) is 0 Å². The molecule has 1 N–H and O–H groups in total. The van der Waals surface area contributed by atoms with E-state index in [4.69, 9.17) is 9.47 Å². The average Bonchev–Trinajstić information content (AvgIpc) is 2.84. The number of amides is 1. The molecule has 0 spiro atoms. The summed E-state index contributed by atoms with van der Waals surface area (Å²) in [6.07, 6.45) is 0.921. The lowest BCUT2D eigenvalue weighted by molar-refractivity contribution is 0.0925. The van der Waals surface area contributed by atoms with E-state index in [2.05, 4.69) is 53.5 Å². The van der Waals surface area contributed by atoms with Gasteiger partial charge >= 0.3 is 0 Å². The molecule has 0 aliphatic carbocycles. The van der Waals surface area contributed by atoms with Gasteiger partial charge in [0, 0.05) is 25.2 Å². The van der Waals surface area contributed by atoms with E-state index in [1.807, 2.05) is 31.2 Å². The zero-order valence-corrected chi connectivity index (χ0v) is 19.9. The Kier molecular flexibility index (Phi) is 6.99. The quantitative estimate of drug-likeness (QED) is 0.566. The van der Waals surface area contributed by atoms with Gasteiger partial charge in [-0.1, -0.05) is 42.0 Å². The van der Waals surface area contributed by atoms with Crippen LogP contribution < -0.4 is 14.8 Å². The van der Waals surface area contributed by atoms with E-state index >= 15 is 0 Å². The standard InChI is InChI=1S/C28H32N2O3/c1-19-9-11-21(12-10-19)28(31)29-17-25-24-16-27(33-4)26(32-3)15-22(24)13-14-30(25)18-23-8-6-5-7-20(23)2/h5-12,15-16,25H,13-14,17-18H2,1-4H3,(H,29,31)/t25-/m1/s1. The van der Waals surface area contributed by atoms with Crippen LogP contribution in [0.25, 0.3) is 0 Å². The van der Waals surface area contributed by atoms with Gasteiger partial charge in [-0.3, -0.25) is 9.69 Å². The second-order valence-electron chi connectivity index (χ2n) is 8.64. The van der Waals surface area contributed by atoms with Crippen molar-refractivity contribution >= 4 is 5.91 Å². The number of nitrogens with zero attached hydrogens (tertiary/aromatic N) is 1. The summed E-state index contributed by atoms with van der Waals surface area (Å²) >= 11 is 0. The summed E-state index contributed by atoms with van der Waals surface area (Å²) in [4.78, 5) is 15.3. The molecule has 1 aliphatic rings. The summed E-state index contributed by atoms with van der Waals surface area (Å²) in [5.74, 6) is 1.40. The van der Waals surface area contributed by atoms with Crippen molar-refractivity contribution in [2.45, 2.75) is 32.9 Å². The molecule has 0 unspecified atom stereocenters. The minimum atomic E-state index is -0.0570. The van der Waals surface area contributed by atoms with Gasteiger partial charge in [-0.15, -0.1) is 0 Å². The van der Waals surface area contributed by atoms with Crippen molar-refractivity contribution in [3.8, 4) is 11.5 Å². The number of carbonyl (C=O) groups excluding carboxylic acids is 1. The molecular formula is C28H32N2O3. The Bertz CT molecular complexity index is 1120. The van der Waals surface area contributed by atoms with Gasteiger partial charge in [-0.2, -0.15) is 0 Å². The van der Waals surface area contributed by atoms with Crippen molar-refractivity contribution < 1.29 is 14.3 Å². The number of ether oxygens (including phenoxy) is 2. The molecule has 3 aromatic rings. The number of aryl methyl sites for hydroxylation is 2. The molecule has 4 rings (SSSR count).